The number of hydrogen-bond acceptors (Lipinski definition) is 5. The Morgan fingerprint density at radius 1 is 1.27 bits per heavy atom. The van der Waals surface area contributed by atoms with Crippen LogP contribution >= 0.6 is 0 Å². The normalized spacial score (nSPS) is 16.3. The van der Waals surface area contributed by atoms with Gasteiger partial charge in [0.1, 0.15) is 23.5 Å². The van der Waals surface area contributed by atoms with E-state index in [9.17, 15) is 13.6 Å². The minimum absolute atomic E-state index is 0.190. The monoisotopic (exact) mass is 362 g/mol. The highest BCUT2D eigenvalue weighted by Crippen LogP contribution is 2.37. The van der Waals surface area contributed by atoms with Gasteiger partial charge in [-0.15, -0.1) is 0 Å². The van der Waals surface area contributed by atoms with Crippen molar-refractivity contribution in [3.05, 3.63) is 52.5 Å². The number of anilines is 1. The second-order valence-electron chi connectivity index (χ2n) is 6.02. The van der Waals surface area contributed by atoms with E-state index < -0.39 is 23.6 Å². The number of esters is 1. The van der Waals surface area contributed by atoms with Crippen LogP contribution in [0.25, 0.3) is 0 Å². The van der Waals surface area contributed by atoms with E-state index in [2.05, 4.69) is 15.4 Å². The van der Waals surface area contributed by atoms with E-state index in [4.69, 9.17) is 4.74 Å². The van der Waals surface area contributed by atoms with Crippen LogP contribution in [-0.4, -0.2) is 27.3 Å². The lowest BCUT2D eigenvalue weighted by Gasteiger charge is -2.29. The van der Waals surface area contributed by atoms with E-state index in [1.807, 2.05) is 6.92 Å². The number of nitrogens with zero attached hydrogens (tertiary/aromatic N) is 3. The smallest absolute Gasteiger partial charge is 0.338 e. The molecular weight excluding hydrogens is 342 g/mol. The van der Waals surface area contributed by atoms with Crippen molar-refractivity contribution >= 4 is 11.9 Å². The summed E-state index contributed by atoms with van der Waals surface area (Å²) in [5.41, 5.74) is 1.18. The van der Waals surface area contributed by atoms with Gasteiger partial charge in [-0.05, 0) is 38.0 Å². The molecule has 1 N–H and O–H groups in total. The first-order valence-electron chi connectivity index (χ1n) is 8.50. The van der Waals surface area contributed by atoms with Crippen LogP contribution < -0.4 is 5.32 Å². The molecule has 0 fully saturated rings. The topological polar surface area (TPSA) is 69.0 Å². The van der Waals surface area contributed by atoms with Gasteiger partial charge in [-0.25, -0.2) is 18.3 Å². The average Bonchev–Trinajstić information content (AvgIpc) is 2.92. The van der Waals surface area contributed by atoms with Gasteiger partial charge in [0, 0.05) is 11.8 Å². The van der Waals surface area contributed by atoms with Gasteiger partial charge in [0.05, 0.1) is 12.2 Å². The molecule has 2 aromatic rings. The molecule has 1 aliphatic heterocycles. The maximum Gasteiger partial charge on any atom is 0.338 e. The second-order valence-corrected chi connectivity index (χ2v) is 6.02. The summed E-state index contributed by atoms with van der Waals surface area (Å²) in [5, 5.41) is 7.43. The summed E-state index contributed by atoms with van der Waals surface area (Å²) in [4.78, 5) is 17.0. The number of nitrogens with one attached hydrogen (secondary N) is 1. The number of rotatable bonds is 5. The van der Waals surface area contributed by atoms with Gasteiger partial charge in [0.15, 0.2) is 0 Å². The molecule has 0 aliphatic carbocycles. The Morgan fingerprint density at radius 3 is 2.58 bits per heavy atom. The third kappa shape index (κ3) is 3.31. The number of benzene rings is 1. The van der Waals surface area contributed by atoms with Crippen LogP contribution in [0.15, 0.2) is 29.5 Å². The van der Waals surface area contributed by atoms with Gasteiger partial charge in [-0.1, -0.05) is 13.3 Å². The van der Waals surface area contributed by atoms with Crippen molar-refractivity contribution in [3.63, 3.8) is 0 Å². The molecule has 0 spiro atoms. The van der Waals surface area contributed by atoms with E-state index in [-0.39, 0.29) is 17.7 Å². The molecule has 0 saturated heterocycles. The molecule has 0 amide bonds. The molecule has 1 aliphatic rings. The molecule has 1 aromatic carbocycles. The summed E-state index contributed by atoms with van der Waals surface area (Å²) >= 11 is 0. The first kappa shape index (κ1) is 18.0. The number of aromatic nitrogens is 3. The van der Waals surface area contributed by atoms with Gasteiger partial charge in [0.25, 0.3) is 0 Å². The predicted octanol–water partition coefficient (Wildman–Crippen LogP) is 3.50. The Labute approximate surface area is 149 Å². The number of fused-ring (bicyclic) bond motifs is 1. The standard InChI is InChI=1S/C18H20F2N4O2/c1-4-6-14-15(17(25)26-5-2)16(11-7-12(19)9-13(20)8-11)24-18(22-14)21-10(3)23-24/h7-9,16H,4-6H2,1-3H3,(H,21,22,23). The third-order valence-electron chi connectivity index (χ3n) is 4.04. The zero-order valence-electron chi connectivity index (χ0n) is 14.8. The highest BCUT2D eigenvalue weighted by molar-refractivity contribution is 5.92. The number of carbonyl (C=O) groups excluding carboxylic acids is 1. The van der Waals surface area contributed by atoms with Gasteiger partial charge < -0.3 is 10.1 Å². The van der Waals surface area contributed by atoms with Crippen LogP contribution in [0.5, 0.6) is 0 Å². The summed E-state index contributed by atoms with van der Waals surface area (Å²) < 4.78 is 34.4. The second kappa shape index (κ2) is 7.23. The SMILES string of the molecule is CCCC1=C(C(=O)OCC)C(c2cc(F)cc(F)c2)n2nc(C)nc2N1. The molecule has 1 unspecified atom stereocenters. The number of allylic oxidation sites excluding steroid dienone is 1. The van der Waals surface area contributed by atoms with Crippen molar-refractivity contribution < 1.29 is 18.3 Å². The minimum Gasteiger partial charge on any atom is -0.463 e. The van der Waals surface area contributed by atoms with Crippen LogP contribution in [0, 0.1) is 18.6 Å². The lowest BCUT2D eigenvalue weighted by atomic mass is 9.94. The van der Waals surface area contributed by atoms with Crippen molar-refractivity contribution in [1.29, 1.82) is 0 Å². The lowest BCUT2D eigenvalue weighted by molar-refractivity contribution is -0.139. The van der Waals surface area contributed by atoms with Crippen LogP contribution in [-0.2, 0) is 9.53 Å². The molecule has 0 radical (unpaired) electrons. The Kier molecular flexibility index (Phi) is 5.01. The number of carbonyl (C=O) groups is 1. The fraction of sp³-hybridized carbons (Fsp3) is 0.389. The molecule has 1 atom stereocenters. The summed E-state index contributed by atoms with van der Waals surface area (Å²) in [5.74, 6) is -1.09. The summed E-state index contributed by atoms with van der Waals surface area (Å²) in [6, 6.07) is 2.36. The van der Waals surface area contributed by atoms with E-state index >= 15 is 0 Å². The molecule has 3 rings (SSSR count). The number of halogens is 2. The van der Waals surface area contributed by atoms with Gasteiger partial charge in [0.2, 0.25) is 5.95 Å². The fourth-order valence-electron chi connectivity index (χ4n) is 3.12. The molecule has 2 heterocycles. The van der Waals surface area contributed by atoms with E-state index in [1.165, 1.54) is 16.8 Å². The Bertz CT molecular complexity index is 856. The number of aryl methyl sites for hydroxylation is 1. The van der Waals surface area contributed by atoms with Crippen molar-refractivity contribution in [1.82, 2.24) is 14.8 Å². The third-order valence-corrected chi connectivity index (χ3v) is 4.04. The fourth-order valence-corrected chi connectivity index (χ4v) is 3.12. The largest absolute Gasteiger partial charge is 0.463 e. The van der Waals surface area contributed by atoms with Crippen molar-refractivity contribution in [2.45, 2.75) is 39.7 Å². The van der Waals surface area contributed by atoms with Gasteiger partial charge in [-0.2, -0.15) is 10.1 Å². The molecule has 0 saturated carbocycles. The zero-order valence-corrected chi connectivity index (χ0v) is 14.8. The molecule has 8 heteroatoms. The summed E-state index contributed by atoms with van der Waals surface area (Å²) in [6.07, 6.45) is 1.33. The Hall–Kier alpha value is -2.77. The first-order valence-corrected chi connectivity index (χ1v) is 8.50. The van der Waals surface area contributed by atoms with E-state index in [0.717, 1.165) is 12.5 Å². The first-order chi connectivity index (χ1) is 12.4. The number of hydrogen-bond donors (Lipinski definition) is 1. The lowest BCUT2D eigenvalue weighted by Crippen LogP contribution is -2.30. The number of ether oxygens (including phenoxy) is 1. The van der Waals surface area contributed by atoms with Crippen LogP contribution in [0.3, 0.4) is 0 Å². The quantitative estimate of drug-likeness (QED) is 0.825. The van der Waals surface area contributed by atoms with Crippen LogP contribution in [0.2, 0.25) is 0 Å². The maximum absolute atomic E-state index is 13.9. The Balaban J connectivity index is 2.23. The van der Waals surface area contributed by atoms with E-state index in [0.29, 0.717) is 23.9 Å². The summed E-state index contributed by atoms with van der Waals surface area (Å²) in [7, 11) is 0. The van der Waals surface area contributed by atoms with Crippen LogP contribution in [0.1, 0.15) is 44.1 Å². The van der Waals surface area contributed by atoms with Gasteiger partial charge >= 0.3 is 5.97 Å². The maximum atomic E-state index is 13.9. The van der Waals surface area contributed by atoms with E-state index in [1.54, 1.807) is 13.8 Å². The van der Waals surface area contributed by atoms with Gasteiger partial charge in [-0.3, -0.25) is 0 Å². The zero-order chi connectivity index (χ0) is 18.8. The highest BCUT2D eigenvalue weighted by atomic mass is 19.1. The molecule has 1 aromatic heterocycles. The average molecular weight is 362 g/mol. The summed E-state index contributed by atoms with van der Waals surface area (Å²) in [6.45, 7) is 5.57. The predicted molar refractivity (Wildman–Crippen MR) is 91.4 cm³/mol. The Morgan fingerprint density at radius 2 is 1.96 bits per heavy atom. The molecule has 138 valence electrons. The molecule has 26 heavy (non-hydrogen) atoms. The molecular formula is C18H20F2N4O2. The minimum atomic E-state index is -0.821. The van der Waals surface area contributed by atoms with Crippen molar-refractivity contribution in [3.8, 4) is 0 Å². The molecule has 0 bridgehead atoms. The van der Waals surface area contributed by atoms with Crippen molar-refractivity contribution in [2.24, 2.45) is 0 Å². The van der Waals surface area contributed by atoms with Crippen molar-refractivity contribution in [2.75, 3.05) is 11.9 Å². The van der Waals surface area contributed by atoms with Crippen LogP contribution in [0.4, 0.5) is 14.7 Å². The molecule has 6 nitrogen and oxygen atoms in total. The highest BCUT2D eigenvalue weighted by Gasteiger charge is 2.36.